The average Bonchev–Trinajstić information content (AvgIpc) is 3.62. The van der Waals surface area contributed by atoms with Gasteiger partial charge in [0, 0.05) is 31.1 Å². The van der Waals surface area contributed by atoms with E-state index in [9.17, 15) is 4.79 Å². The average molecular weight is 454 g/mol. The van der Waals surface area contributed by atoms with Crippen LogP contribution in [0.5, 0.6) is 0 Å². The first-order chi connectivity index (χ1) is 16.6. The van der Waals surface area contributed by atoms with Gasteiger partial charge < -0.3 is 14.3 Å². The number of amides is 1. The van der Waals surface area contributed by atoms with Crippen molar-refractivity contribution in [3.8, 4) is 11.6 Å². The van der Waals surface area contributed by atoms with Crippen molar-refractivity contribution in [2.45, 2.75) is 32.2 Å². The highest BCUT2D eigenvalue weighted by molar-refractivity contribution is 5.90. The number of pyridine rings is 2. The fourth-order valence-corrected chi connectivity index (χ4v) is 4.50. The highest BCUT2D eigenvalue weighted by Crippen LogP contribution is 2.35. The first kappa shape index (κ1) is 20.3. The molecule has 0 bridgehead atoms. The number of rotatable bonds is 4. The molecule has 10 heteroatoms. The largest absolute Gasteiger partial charge is 0.411 e. The molecule has 1 aliphatic rings. The molecule has 0 radical (unpaired) electrons. The minimum Gasteiger partial charge on any atom is -0.411 e. The lowest BCUT2D eigenvalue weighted by molar-refractivity contribution is 0.0646. The van der Waals surface area contributed by atoms with Crippen LogP contribution >= 0.6 is 0 Å². The lowest BCUT2D eigenvalue weighted by atomic mass is 9.98. The summed E-state index contributed by atoms with van der Waals surface area (Å²) in [5.41, 5.74) is 5.22. The van der Waals surface area contributed by atoms with E-state index in [2.05, 4.69) is 45.1 Å². The Morgan fingerprint density at radius 2 is 2.09 bits per heavy atom. The summed E-state index contributed by atoms with van der Waals surface area (Å²) in [6, 6.07) is 11.0. The molecule has 0 saturated heterocycles. The number of hydrogen-bond acceptors (Lipinski definition) is 7. The van der Waals surface area contributed by atoms with Crippen LogP contribution < -0.4 is 0 Å². The Bertz CT molecular complexity index is 1480. The van der Waals surface area contributed by atoms with Gasteiger partial charge in [-0.25, -0.2) is 9.50 Å². The van der Waals surface area contributed by atoms with Gasteiger partial charge in [-0.2, -0.15) is 5.10 Å². The standard InChI is InChI=1S/C24H22N8O2/c1-14(2)15-6-5-10-32-19(15)12-18(30-32)21-20-16(26-13-27-20)8-11-31(21)24(33)23-29-28-22(34-23)17-7-3-4-9-25-17/h3-7,9-10,12-14,21H,8,11H2,1-2H3,(H,26,27). The molecule has 0 saturated carbocycles. The van der Waals surface area contributed by atoms with Crippen LogP contribution in [-0.2, 0) is 6.42 Å². The van der Waals surface area contributed by atoms with E-state index in [0.717, 1.165) is 22.6 Å². The van der Waals surface area contributed by atoms with Gasteiger partial charge in [0.1, 0.15) is 11.7 Å². The van der Waals surface area contributed by atoms with Gasteiger partial charge in [-0.1, -0.05) is 26.0 Å². The fraction of sp³-hybridized carbons (Fsp3) is 0.250. The Morgan fingerprint density at radius 3 is 2.91 bits per heavy atom. The summed E-state index contributed by atoms with van der Waals surface area (Å²) in [5, 5.41) is 12.9. The molecule has 0 fully saturated rings. The smallest absolute Gasteiger partial charge is 0.312 e. The van der Waals surface area contributed by atoms with E-state index in [4.69, 9.17) is 9.52 Å². The molecule has 6 heterocycles. The molecule has 5 aromatic rings. The van der Waals surface area contributed by atoms with E-state index in [0.29, 0.717) is 24.6 Å². The van der Waals surface area contributed by atoms with Crippen LogP contribution in [0.4, 0.5) is 0 Å². The van der Waals surface area contributed by atoms with Crippen molar-refractivity contribution >= 4 is 11.4 Å². The zero-order valence-corrected chi connectivity index (χ0v) is 18.7. The summed E-state index contributed by atoms with van der Waals surface area (Å²) in [6.45, 7) is 4.77. The second kappa shape index (κ2) is 7.91. The van der Waals surface area contributed by atoms with Crippen molar-refractivity contribution in [3.05, 3.63) is 83.7 Å². The van der Waals surface area contributed by atoms with Crippen molar-refractivity contribution in [3.63, 3.8) is 0 Å². The van der Waals surface area contributed by atoms with Crippen molar-refractivity contribution < 1.29 is 9.21 Å². The molecule has 1 amide bonds. The molecule has 10 nitrogen and oxygen atoms in total. The van der Waals surface area contributed by atoms with Crippen LogP contribution in [0.2, 0.25) is 0 Å². The predicted octanol–water partition coefficient (Wildman–Crippen LogP) is 3.41. The monoisotopic (exact) mass is 454 g/mol. The normalized spacial score (nSPS) is 15.7. The van der Waals surface area contributed by atoms with Gasteiger partial charge >= 0.3 is 11.8 Å². The summed E-state index contributed by atoms with van der Waals surface area (Å²) in [5.74, 6) is 0.0831. The Kier molecular flexibility index (Phi) is 4.72. The van der Waals surface area contributed by atoms with Gasteiger partial charge in [0.25, 0.3) is 5.89 Å². The quantitative estimate of drug-likeness (QED) is 0.442. The van der Waals surface area contributed by atoms with Crippen LogP contribution in [0.15, 0.2) is 59.5 Å². The lowest BCUT2D eigenvalue weighted by Crippen LogP contribution is -2.41. The number of fused-ring (bicyclic) bond motifs is 2. The molecule has 6 rings (SSSR count). The van der Waals surface area contributed by atoms with Crippen molar-refractivity contribution in [1.82, 2.24) is 39.7 Å². The number of aromatic nitrogens is 7. The van der Waals surface area contributed by atoms with Crippen molar-refractivity contribution in [2.75, 3.05) is 6.54 Å². The third kappa shape index (κ3) is 3.26. The molecule has 1 unspecified atom stereocenters. The summed E-state index contributed by atoms with van der Waals surface area (Å²) in [7, 11) is 0. The molecule has 1 aliphatic heterocycles. The Hall–Kier alpha value is -4.34. The SMILES string of the molecule is CC(C)c1cccn2nc(C3c4nc[nH]c4CCN3C(=O)c3nnc(-c4ccccn4)o3)cc12. The topological polar surface area (TPSA) is 118 Å². The number of nitrogens with zero attached hydrogens (tertiary/aromatic N) is 7. The van der Waals surface area contributed by atoms with Crippen LogP contribution in [0.25, 0.3) is 17.1 Å². The predicted molar refractivity (Wildman–Crippen MR) is 122 cm³/mol. The van der Waals surface area contributed by atoms with Gasteiger partial charge in [0.15, 0.2) is 0 Å². The zero-order valence-electron chi connectivity index (χ0n) is 18.7. The van der Waals surface area contributed by atoms with Crippen molar-refractivity contribution in [1.29, 1.82) is 0 Å². The third-order valence-corrected chi connectivity index (χ3v) is 6.13. The zero-order chi connectivity index (χ0) is 23.2. The minimum atomic E-state index is -0.479. The van der Waals surface area contributed by atoms with E-state index in [-0.39, 0.29) is 17.7 Å². The van der Waals surface area contributed by atoms with Gasteiger partial charge in [-0.05, 0) is 35.7 Å². The fourth-order valence-electron chi connectivity index (χ4n) is 4.50. The number of hydrogen-bond donors (Lipinski definition) is 1. The first-order valence-electron chi connectivity index (χ1n) is 11.2. The van der Waals surface area contributed by atoms with Gasteiger partial charge in [0.2, 0.25) is 0 Å². The Labute approximate surface area is 194 Å². The number of H-pyrrole nitrogens is 1. The van der Waals surface area contributed by atoms with E-state index in [1.54, 1.807) is 29.6 Å². The summed E-state index contributed by atoms with van der Waals surface area (Å²) in [4.78, 5) is 27.3. The molecule has 0 spiro atoms. The summed E-state index contributed by atoms with van der Waals surface area (Å²) < 4.78 is 7.58. The lowest BCUT2D eigenvalue weighted by Gasteiger charge is -2.32. The number of carbonyl (C=O) groups is 1. The highest BCUT2D eigenvalue weighted by atomic mass is 16.4. The Balaban J connectivity index is 1.42. The molecular formula is C24H22N8O2. The number of nitrogens with one attached hydrogen (secondary N) is 1. The molecule has 0 aliphatic carbocycles. The van der Waals surface area contributed by atoms with Gasteiger partial charge in [0.05, 0.1) is 23.2 Å². The molecule has 5 aromatic heterocycles. The van der Waals surface area contributed by atoms with E-state index < -0.39 is 6.04 Å². The van der Waals surface area contributed by atoms with Gasteiger partial charge in [-0.15, -0.1) is 10.2 Å². The maximum absolute atomic E-state index is 13.6. The molecule has 170 valence electrons. The molecule has 0 aromatic carbocycles. The molecule has 34 heavy (non-hydrogen) atoms. The maximum atomic E-state index is 13.6. The van der Waals surface area contributed by atoms with E-state index in [1.165, 1.54) is 5.56 Å². The minimum absolute atomic E-state index is 0.0868. The number of imidazole rings is 1. The van der Waals surface area contributed by atoms with E-state index in [1.807, 2.05) is 28.9 Å². The third-order valence-electron chi connectivity index (χ3n) is 6.13. The van der Waals surface area contributed by atoms with E-state index >= 15 is 0 Å². The second-order valence-corrected chi connectivity index (χ2v) is 8.56. The summed E-state index contributed by atoms with van der Waals surface area (Å²) in [6.07, 6.45) is 5.86. The molecule has 1 atom stereocenters. The molecule has 1 N–H and O–H groups in total. The summed E-state index contributed by atoms with van der Waals surface area (Å²) >= 11 is 0. The van der Waals surface area contributed by atoms with Crippen LogP contribution in [-0.4, -0.2) is 52.1 Å². The second-order valence-electron chi connectivity index (χ2n) is 8.56. The number of aromatic amines is 1. The van der Waals surface area contributed by atoms with Crippen molar-refractivity contribution in [2.24, 2.45) is 0 Å². The first-order valence-corrected chi connectivity index (χ1v) is 11.2. The Morgan fingerprint density at radius 1 is 1.18 bits per heavy atom. The number of carbonyl (C=O) groups excluding carboxylic acids is 1. The van der Waals surface area contributed by atoms with Crippen LogP contribution in [0.3, 0.4) is 0 Å². The van der Waals surface area contributed by atoms with Crippen LogP contribution in [0.1, 0.15) is 59.1 Å². The molecular weight excluding hydrogens is 432 g/mol. The van der Waals surface area contributed by atoms with Gasteiger partial charge in [-0.3, -0.25) is 9.78 Å². The van der Waals surface area contributed by atoms with Crippen LogP contribution in [0, 0.1) is 0 Å². The maximum Gasteiger partial charge on any atom is 0.312 e. The highest BCUT2D eigenvalue weighted by Gasteiger charge is 2.38.